The number of fused-ring (bicyclic) bond motifs is 1. The molecule has 4 amide bonds. The zero-order valence-corrected chi connectivity index (χ0v) is 37.3. The number of Topliss-reactive ketones (excluding diaryl/α,β-unsaturated/α-hetero) is 2. The van der Waals surface area contributed by atoms with Gasteiger partial charge in [0.25, 0.3) is 0 Å². The Hall–Kier alpha value is -4.48. The van der Waals surface area contributed by atoms with Crippen molar-refractivity contribution in [1.29, 1.82) is 0 Å². The van der Waals surface area contributed by atoms with Crippen molar-refractivity contribution in [2.24, 2.45) is 11.5 Å². The molecule has 14 nitrogen and oxygen atoms in total. The van der Waals surface area contributed by atoms with E-state index in [4.69, 9.17) is 16.2 Å². The average Bonchev–Trinajstić information content (AvgIpc) is 3.23. The number of rotatable bonds is 18. The van der Waals surface area contributed by atoms with Gasteiger partial charge in [-0.3, -0.25) is 34.1 Å². The summed E-state index contributed by atoms with van der Waals surface area (Å²) in [4.78, 5) is 82.3. The third-order valence-electron chi connectivity index (χ3n) is 10.7. The molecule has 326 valence electrons. The fourth-order valence-corrected chi connectivity index (χ4v) is 10.0. The van der Waals surface area contributed by atoms with Crippen LogP contribution in [0.25, 0.3) is 10.8 Å². The number of nitrogens with one attached hydrogen (secondary N) is 5. The number of ketones is 2. The highest BCUT2D eigenvalue weighted by atomic mass is 33.1. The second kappa shape index (κ2) is 21.4. The molecule has 0 bridgehead atoms. The molecule has 1 aliphatic rings. The van der Waals surface area contributed by atoms with Gasteiger partial charge in [0.05, 0.1) is 25.7 Å². The fraction of sp³-hybridized carbons (Fsp3) is 0.500. The Morgan fingerprint density at radius 1 is 0.850 bits per heavy atom. The predicted molar refractivity (Wildman–Crippen MR) is 239 cm³/mol. The largest absolute Gasteiger partial charge is 0.497 e. The van der Waals surface area contributed by atoms with Crippen molar-refractivity contribution in [3.63, 3.8) is 0 Å². The number of nitrogens with two attached hydrogens (primary N) is 2. The van der Waals surface area contributed by atoms with Crippen LogP contribution in [0.2, 0.25) is 0 Å². The standard InChI is InChI=1S/C44H61N7O7S2/c1-27(52)48-37-35(53)26-47-38(43(4,5)60-59-42(37,2)3)41(57)50-33(23-28-15-18-32(58-7)19-16-28)39(55)49-34(24-29-14-17-30-12-8-9-13-31(30)22-29)40(56)51-44(6,36(54)25-46)20-10-11-21-45/h8-9,12-19,22,33-34,37-38,47H,10-11,20-21,23-26,45-46H2,1-7H3,(H,48,52)(H,49,55)(H,50,57)(H,51,56)/t33-,34-,37+,38+,44-/m0/s1. The molecule has 16 heteroatoms. The van der Waals surface area contributed by atoms with E-state index >= 15 is 0 Å². The van der Waals surface area contributed by atoms with Gasteiger partial charge in [-0.05, 0) is 94.5 Å². The lowest BCUT2D eigenvalue weighted by Crippen LogP contribution is -2.63. The summed E-state index contributed by atoms with van der Waals surface area (Å²) in [6.45, 7) is 10.4. The zero-order valence-electron chi connectivity index (χ0n) is 35.6. The molecule has 1 saturated heterocycles. The summed E-state index contributed by atoms with van der Waals surface area (Å²) in [6.07, 6.45) is 1.61. The van der Waals surface area contributed by atoms with Crippen LogP contribution < -0.4 is 42.8 Å². The molecule has 0 radical (unpaired) electrons. The van der Waals surface area contributed by atoms with Gasteiger partial charge in [0.2, 0.25) is 23.6 Å². The molecule has 5 atom stereocenters. The van der Waals surface area contributed by atoms with Crippen LogP contribution in [0.5, 0.6) is 5.75 Å². The van der Waals surface area contributed by atoms with Crippen LogP contribution in [0.15, 0.2) is 66.7 Å². The number of ether oxygens (including phenoxy) is 1. The van der Waals surface area contributed by atoms with E-state index < -0.39 is 56.9 Å². The van der Waals surface area contributed by atoms with E-state index in [0.717, 1.165) is 16.3 Å². The van der Waals surface area contributed by atoms with Gasteiger partial charge in [-0.2, -0.15) is 0 Å². The molecule has 0 aromatic heterocycles. The van der Waals surface area contributed by atoms with E-state index in [1.54, 1.807) is 38.3 Å². The molecule has 3 aromatic rings. The molecular formula is C44H61N7O7S2. The van der Waals surface area contributed by atoms with Gasteiger partial charge in [0.15, 0.2) is 11.6 Å². The van der Waals surface area contributed by atoms with Crippen LogP contribution in [0, 0.1) is 0 Å². The van der Waals surface area contributed by atoms with Gasteiger partial charge in [-0.25, -0.2) is 0 Å². The Kier molecular flexibility index (Phi) is 17.1. The van der Waals surface area contributed by atoms with E-state index in [1.807, 2.05) is 70.2 Å². The molecule has 1 aliphatic heterocycles. The topological polar surface area (TPSA) is 224 Å². The molecular weight excluding hydrogens is 803 g/mol. The summed E-state index contributed by atoms with van der Waals surface area (Å²) in [5, 5.41) is 16.6. The smallest absolute Gasteiger partial charge is 0.243 e. The van der Waals surface area contributed by atoms with E-state index in [0.29, 0.717) is 37.1 Å². The summed E-state index contributed by atoms with van der Waals surface area (Å²) < 4.78 is 3.80. The van der Waals surface area contributed by atoms with Gasteiger partial charge in [0.1, 0.15) is 29.9 Å². The maximum absolute atomic E-state index is 14.6. The Labute approximate surface area is 361 Å². The number of carbonyl (C=O) groups excluding carboxylic acids is 6. The average molecular weight is 864 g/mol. The third kappa shape index (κ3) is 13.0. The van der Waals surface area contributed by atoms with Crippen molar-refractivity contribution in [2.75, 3.05) is 26.7 Å². The molecule has 0 aliphatic carbocycles. The summed E-state index contributed by atoms with van der Waals surface area (Å²) >= 11 is 0. The van der Waals surface area contributed by atoms with Gasteiger partial charge in [0, 0.05) is 29.3 Å². The summed E-state index contributed by atoms with van der Waals surface area (Å²) in [6, 6.07) is 16.5. The van der Waals surface area contributed by atoms with Crippen LogP contribution in [-0.2, 0) is 41.6 Å². The van der Waals surface area contributed by atoms with Crippen molar-refractivity contribution in [3.8, 4) is 5.75 Å². The lowest BCUT2D eigenvalue weighted by molar-refractivity contribution is -0.135. The van der Waals surface area contributed by atoms with Crippen molar-refractivity contribution in [2.45, 2.75) is 113 Å². The molecule has 60 heavy (non-hydrogen) atoms. The van der Waals surface area contributed by atoms with E-state index in [9.17, 15) is 28.8 Å². The Bertz CT molecular complexity index is 2010. The molecule has 0 saturated carbocycles. The summed E-state index contributed by atoms with van der Waals surface area (Å²) in [7, 11) is 4.34. The Morgan fingerprint density at radius 3 is 2.10 bits per heavy atom. The number of methoxy groups -OCH3 is 1. The SMILES string of the molecule is COc1ccc(C[C@H](NC(=O)[C@H]2NCC(=O)[C@@H](NC(C)=O)C(C)(C)SSC2(C)C)C(=O)N[C@@H](Cc2ccc3ccccc3c2)C(=O)N[C@@](C)(CCCCN)C(=O)CN)cc1. The second-order valence-corrected chi connectivity index (χ2v) is 20.0. The lowest BCUT2D eigenvalue weighted by atomic mass is 9.89. The zero-order chi connectivity index (χ0) is 44.3. The fourth-order valence-electron chi connectivity index (χ4n) is 7.14. The highest BCUT2D eigenvalue weighted by molar-refractivity contribution is 8.77. The minimum absolute atomic E-state index is 0.0416. The Morgan fingerprint density at radius 2 is 1.47 bits per heavy atom. The number of carbonyl (C=O) groups is 6. The van der Waals surface area contributed by atoms with Crippen LogP contribution >= 0.6 is 21.6 Å². The van der Waals surface area contributed by atoms with Crippen LogP contribution in [0.3, 0.4) is 0 Å². The van der Waals surface area contributed by atoms with Crippen molar-refractivity contribution in [1.82, 2.24) is 26.6 Å². The lowest BCUT2D eigenvalue weighted by Gasteiger charge is -2.36. The Balaban J connectivity index is 1.70. The van der Waals surface area contributed by atoms with Crippen LogP contribution in [0.1, 0.15) is 71.9 Å². The van der Waals surface area contributed by atoms with Crippen molar-refractivity contribution < 1.29 is 33.5 Å². The van der Waals surface area contributed by atoms with Crippen LogP contribution in [-0.4, -0.2) is 101 Å². The second-order valence-electron chi connectivity index (χ2n) is 16.5. The van der Waals surface area contributed by atoms with Crippen molar-refractivity contribution in [3.05, 3.63) is 77.9 Å². The first-order chi connectivity index (χ1) is 28.3. The first kappa shape index (κ1) is 48.2. The van der Waals surface area contributed by atoms with Gasteiger partial charge in [-0.15, -0.1) is 0 Å². The third-order valence-corrected chi connectivity index (χ3v) is 15.0. The van der Waals surface area contributed by atoms with Gasteiger partial charge >= 0.3 is 0 Å². The van der Waals surface area contributed by atoms with E-state index in [2.05, 4.69) is 26.6 Å². The number of unbranched alkanes of at least 4 members (excludes halogenated alkanes) is 1. The quantitative estimate of drug-likeness (QED) is 0.0724. The summed E-state index contributed by atoms with van der Waals surface area (Å²) in [5.41, 5.74) is 11.7. The molecule has 1 fully saturated rings. The minimum Gasteiger partial charge on any atom is -0.497 e. The molecule has 0 spiro atoms. The van der Waals surface area contributed by atoms with E-state index in [1.165, 1.54) is 28.5 Å². The molecule has 1 heterocycles. The van der Waals surface area contributed by atoms with Gasteiger partial charge in [-0.1, -0.05) is 76.2 Å². The highest BCUT2D eigenvalue weighted by Gasteiger charge is 2.45. The molecule has 4 rings (SSSR count). The van der Waals surface area contributed by atoms with Gasteiger partial charge < -0.3 is 37.5 Å². The first-order valence-corrected chi connectivity index (χ1v) is 22.3. The summed E-state index contributed by atoms with van der Waals surface area (Å²) in [5.74, 6) is -2.17. The normalized spacial score (nSPS) is 19.6. The number of hydrogen-bond donors (Lipinski definition) is 7. The molecule has 3 aromatic carbocycles. The maximum atomic E-state index is 14.6. The number of hydrogen-bond acceptors (Lipinski definition) is 12. The monoisotopic (exact) mass is 863 g/mol. The maximum Gasteiger partial charge on any atom is 0.243 e. The number of benzene rings is 3. The predicted octanol–water partition coefficient (Wildman–Crippen LogP) is 3.12. The van der Waals surface area contributed by atoms with Crippen molar-refractivity contribution >= 4 is 67.6 Å². The van der Waals surface area contributed by atoms with Crippen LogP contribution in [0.4, 0.5) is 0 Å². The molecule has 0 unspecified atom stereocenters. The minimum atomic E-state index is -1.32. The van der Waals surface area contributed by atoms with E-state index in [-0.39, 0.29) is 43.4 Å². The first-order valence-electron chi connectivity index (χ1n) is 20.2. The number of amides is 4. The highest BCUT2D eigenvalue weighted by Crippen LogP contribution is 2.47. The molecule has 9 N–H and O–H groups in total.